The molecule has 0 aliphatic heterocycles. The van der Waals surface area contributed by atoms with Crippen molar-refractivity contribution >= 4 is 45.8 Å². The topological polar surface area (TPSA) is 0 Å². The third-order valence-electron chi connectivity index (χ3n) is 5.57. The van der Waals surface area contributed by atoms with Gasteiger partial charge in [0.25, 0.3) is 0 Å². The number of hydrogen-bond acceptors (Lipinski definition) is 0. The van der Waals surface area contributed by atoms with E-state index in [9.17, 15) is 0 Å². The molecule has 0 bridgehead atoms. The van der Waals surface area contributed by atoms with Crippen LogP contribution in [0.3, 0.4) is 0 Å². The maximum absolute atomic E-state index is 3.93. The Morgan fingerprint density at radius 3 is 1.03 bits per heavy atom. The fraction of sp³-hybridized carbons (Fsp3) is 0. The normalized spacial score (nSPS) is 11.0. The molecule has 0 saturated carbocycles. The summed E-state index contributed by atoms with van der Waals surface area (Å²) < 4.78 is 5.83. The predicted octanol–water partition coefficient (Wildman–Crippen LogP) is 4.35. The SMILES string of the molecule is C=Cc1cc[c]([Pb]([c]2ccccc2)([c]2ccccc2)[c]2ccc(C=C)cc2)cc1. The molecule has 0 amide bonds. The van der Waals surface area contributed by atoms with E-state index >= 15 is 0 Å². The summed E-state index contributed by atoms with van der Waals surface area (Å²) in [5, 5.41) is 0. The van der Waals surface area contributed by atoms with Gasteiger partial charge >= 0.3 is 179 Å². The molecule has 140 valence electrons. The van der Waals surface area contributed by atoms with Crippen molar-refractivity contribution in [2.45, 2.75) is 0 Å². The Labute approximate surface area is 178 Å². The van der Waals surface area contributed by atoms with Gasteiger partial charge in [0, 0.05) is 0 Å². The van der Waals surface area contributed by atoms with E-state index in [1.807, 2.05) is 12.2 Å². The van der Waals surface area contributed by atoms with Crippen molar-refractivity contribution in [2.75, 3.05) is 0 Å². The van der Waals surface area contributed by atoms with Gasteiger partial charge in [-0.2, -0.15) is 0 Å². The number of rotatable bonds is 6. The van der Waals surface area contributed by atoms with Gasteiger partial charge in [-0.1, -0.05) is 0 Å². The Morgan fingerprint density at radius 2 is 0.724 bits per heavy atom. The van der Waals surface area contributed by atoms with Crippen molar-refractivity contribution in [1.82, 2.24) is 0 Å². The van der Waals surface area contributed by atoms with Gasteiger partial charge in [-0.05, 0) is 0 Å². The van der Waals surface area contributed by atoms with Crippen LogP contribution in [0, 0.1) is 0 Å². The van der Waals surface area contributed by atoms with Crippen LogP contribution in [0.2, 0.25) is 0 Å². The van der Waals surface area contributed by atoms with Crippen molar-refractivity contribution in [3.63, 3.8) is 0 Å². The van der Waals surface area contributed by atoms with E-state index in [1.165, 1.54) is 12.5 Å². The molecule has 0 saturated heterocycles. The minimum absolute atomic E-state index is 1.15. The van der Waals surface area contributed by atoms with Crippen LogP contribution in [0.25, 0.3) is 12.2 Å². The molecule has 1 heteroatoms. The molecule has 0 heterocycles. The van der Waals surface area contributed by atoms with Gasteiger partial charge in [0.2, 0.25) is 0 Å². The molecule has 0 spiro atoms. The van der Waals surface area contributed by atoms with Gasteiger partial charge in [0.15, 0.2) is 0 Å². The van der Waals surface area contributed by atoms with E-state index in [0.29, 0.717) is 0 Å². The first-order chi connectivity index (χ1) is 14.3. The van der Waals surface area contributed by atoms with Gasteiger partial charge in [-0.25, -0.2) is 0 Å². The van der Waals surface area contributed by atoms with Gasteiger partial charge in [-0.15, -0.1) is 0 Å². The zero-order chi connectivity index (χ0) is 20.1. The molecule has 0 radical (unpaired) electrons. The molecule has 0 N–H and O–H groups in total. The molecule has 0 unspecified atom stereocenters. The Bertz CT molecular complexity index is 1000. The molecule has 0 atom stereocenters. The van der Waals surface area contributed by atoms with Crippen LogP contribution in [0.15, 0.2) is 122 Å². The average molecular weight is 568 g/mol. The molecule has 4 aromatic rings. The second kappa shape index (κ2) is 8.75. The third kappa shape index (κ3) is 3.65. The maximum atomic E-state index is 3.93. The first-order valence-electron chi connectivity index (χ1n) is 9.86. The molecular weight excluding hydrogens is 544 g/mol. The number of benzene rings is 4. The third-order valence-corrected chi connectivity index (χ3v) is 24.2. The van der Waals surface area contributed by atoms with Crippen LogP contribution in [0.4, 0.5) is 0 Å². The summed E-state index contributed by atoms with van der Waals surface area (Å²) in [6, 6.07) is 40.2. The van der Waals surface area contributed by atoms with E-state index < -0.39 is 21.2 Å². The van der Waals surface area contributed by atoms with E-state index in [0.717, 1.165) is 11.1 Å². The average Bonchev–Trinajstić information content (AvgIpc) is 2.82. The second-order valence-corrected chi connectivity index (χ2v) is 21.9. The zero-order valence-electron chi connectivity index (χ0n) is 16.5. The fourth-order valence-electron chi connectivity index (χ4n) is 4.11. The summed E-state index contributed by atoms with van der Waals surface area (Å²) in [7, 11) is 0. The van der Waals surface area contributed by atoms with Crippen LogP contribution >= 0.6 is 0 Å². The van der Waals surface area contributed by atoms with Crippen LogP contribution < -0.4 is 12.5 Å². The van der Waals surface area contributed by atoms with Crippen LogP contribution in [-0.2, 0) is 0 Å². The van der Waals surface area contributed by atoms with Crippen molar-refractivity contribution < 1.29 is 0 Å². The molecule has 4 rings (SSSR count). The summed E-state index contributed by atoms with van der Waals surface area (Å²) in [6.07, 6.45) is 3.82. The minimum atomic E-state index is -3.65. The predicted molar refractivity (Wildman–Crippen MR) is 130 cm³/mol. The first kappa shape index (κ1) is 19.6. The Hall–Kier alpha value is -2.72. The summed E-state index contributed by atoms with van der Waals surface area (Å²) in [6.45, 7) is 7.85. The Balaban J connectivity index is 2.09. The summed E-state index contributed by atoms with van der Waals surface area (Å²) in [5.74, 6) is 0. The van der Waals surface area contributed by atoms with Crippen molar-refractivity contribution in [3.05, 3.63) is 133 Å². The molecule has 0 fully saturated rings. The molecule has 0 aliphatic carbocycles. The Morgan fingerprint density at radius 1 is 0.414 bits per heavy atom. The molecule has 0 aromatic heterocycles. The summed E-state index contributed by atoms with van der Waals surface area (Å²) in [4.78, 5) is 0. The van der Waals surface area contributed by atoms with Gasteiger partial charge < -0.3 is 0 Å². The fourth-order valence-corrected chi connectivity index (χ4v) is 22.5. The summed E-state index contributed by atoms with van der Waals surface area (Å²) in [5.41, 5.74) is 2.30. The molecule has 29 heavy (non-hydrogen) atoms. The van der Waals surface area contributed by atoms with E-state index in [2.05, 4.69) is 122 Å². The molecule has 4 aromatic carbocycles. The molecule has 0 nitrogen and oxygen atoms in total. The van der Waals surface area contributed by atoms with Crippen LogP contribution in [-0.4, -0.2) is 21.2 Å². The van der Waals surface area contributed by atoms with Crippen LogP contribution in [0.5, 0.6) is 0 Å². The second-order valence-electron chi connectivity index (χ2n) is 7.13. The van der Waals surface area contributed by atoms with E-state index in [4.69, 9.17) is 0 Å². The monoisotopic (exact) mass is 568 g/mol. The number of hydrogen-bond donors (Lipinski definition) is 0. The molecule has 0 aliphatic rings. The van der Waals surface area contributed by atoms with Crippen molar-refractivity contribution in [3.8, 4) is 0 Å². The van der Waals surface area contributed by atoms with Gasteiger partial charge in [0.05, 0.1) is 0 Å². The summed E-state index contributed by atoms with van der Waals surface area (Å²) >= 11 is -3.65. The van der Waals surface area contributed by atoms with E-state index in [-0.39, 0.29) is 0 Å². The van der Waals surface area contributed by atoms with Gasteiger partial charge in [0.1, 0.15) is 0 Å². The van der Waals surface area contributed by atoms with E-state index in [1.54, 1.807) is 0 Å². The van der Waals surface area contributed by atoms with Crippen molar-refractivity contribution in [2.24, 2.45) is 0 Å². The van der Waals surface area contributed by atoms with Gasteiger partial charge in [-0.3, -0.25) is 0 Å². The Kier molecular flexibility index (Phi) is 5.91. The quantitative estimate of drug-likeness (QED) is 0.304. The molecular formula is C28H24Pb. The first-order valence-corrected chi connectivity index (χ1v) is 17.6. The van der Waals surface area contributed by atoms with Crippen LogP contribution in [0.1, 0.15) is 11.1 Å². The standard InChI is InChI=1S/2C8H7.2C6H5.Pb/c2*1-2-8-6-4-3-5-7-8;2*1-2-4-6-5-3-1;/h2*2,4-7H,1H2;2*1-5H;. The van der Waals surface area contributed by atoms with Crippen molar-refractivity contribution in [1.29, 1.82) is 0 Å². The zero-order valence-corrected chi connectivity index (χ0v) is 20.3.